The number of imidazole rings is 1. The number of nitrogens with zero attached hydrogens (tertiary/aromatic N) is 2. The van der Waals surface area contributed by atoms with Gasteiger partial charge in [-0.1, -0.05) is 11.8 Å². The van der Waals surface area contributed by atoms with E-state index in [0.717, 1.165) is 44.1 Å². The van der Waals surface area contributed by atoms with Gasteiger partial charge in [0.2, 0.25) is 0 Å². The van der Waals surface area contributed by atoms with Crippen molar-refractivity contribution in [1.82, 2.24) is 14.9 Å². The third kappa shape index (κ3) is 1.77. The molecular weight excluding hydrogens is 222 g/mol. The van der Waals surface area contributed by atoms with Gasteiger partial charge < -0.3 is 14.6 Å². The van der Waals surface area contributed by atoms with Crippen LogP contribution in [-0.4, -0.2) is 35.0 Å². The summed E-state index contributed by atoms with van der Waals surface area (Å²) >= 11 is 1.85. The monoisotopic (exact) mass is 239 g/mol. The molecule has 0 aromatic carbocycles. The summed E-state index contributed by atoms with van der Waals surface area (Å²) in [5.74, 6) is 1.15. The highest BCUT2D eigenvalue weighted by Crippen LogP contribution is 2.32. The maximum atomic E-state index is 5.92. The van der Waals surface area contributed by atoms with Gasteiger partial charge in [-0.3, -0.25) is 0 Å². The Morgan fingerprint density at radius 3 is 3.44 bits per heavy atom. The highest BCUT2D eigenvalue weighted by Gasteiger charge is 2.26. The van der Waals surface area contributed by atoms with Crippen LogP contribution in [0.4, 0.5) is 0 Å². The second-order valence-electron chi connectivity index (χ2n) is 4.28. The van der Waals surface area contributed by atoms with E-state index in [-0.39, 0.29) is 6.10 Å². The zero-order valence-corrected chi connectivity index (χ0v) is 10.3. The highest BCUT2D eigenvalue weighted by atomic mass is 32.2. The first-order valence-corrected chi connectivity index (χ1v) is 6.87. The minimum absolute atomic E-state index is 0.183. The Balaban J connectivity index is 1.92. The first-order valence-electron chi connectivity index (χ1n) is 5.88. The molecule has 0 bridgehead atoms. The lowest BCUT2D eigenvalue weighted by molar-refractivity contribution is 0.0606. The van der Waals surface area contributed by atoms with Crippen LogP contribution in [0, 0.1) is 6.92 Å². The van der Waals surface area contributed by atoms with E-state index in [1.165, 1.54) is 10.9 Å². The van der Waals surface area contributed by atoms with Gasteiger partial charge in [0.25, 0.3) is 0 Å². The number of aryl methyl sites for hydroxylation is 1. The second kappa shape index (κ2) is 4.39. The lowest BCUT2D eigenvalue weighted by atomic mass is 10.2. The summed E-state index contributed by atoms with van der Waals surface area (Å²) in [6, 6.07) is 0. The Labute approximate surface area is 99.8 Å². The minimum atomic E-state index is 0.183. The molecule has 0 aliphatic carbocycles. The summed E-state index contributed by atoms with van der Waals surface area (Å²) in [7, 11) is 0. The number of fused-ring (bicyclic) bond motifs is 1. The Hall–Kier alpha value is -0.520. The minimum Gasteiger partial charge on any atom is -0.371 e. The zero-order valence-electron chi connectivity index (χ0n) is 9.53. The van der Waals surface area contributed by atoms with Crippen molar-refractivity contribution in [3.05, 3.63) is 11.4 Å². The van der Waals surface area contributed by atoms with E-state index in [4.69, 9.17) is 4.74 Å². The molecule has 0 amide bonds. The van der Waals surface area contributed by atoms with Gasteiger partial charge in [0, 0.05) is 25.4 Å². The van der Waals surface area contributed by atoms with Crippen LogP contribution in [0.15, 0.2) is 5.16 Å². The Bertz CT molecular complexity index is 383. The molecule has 0 spiro atoms. The van der Waals surface area contributed by atoms with Crippen LogP contribution in [-0.2, 0) is 11.3 Å². The van der Waals surface area contributed by atoms with Crippen molar-refractivity contribution in [3.8, 4) is 0 Å². The Morgan fingerprint density at radius 2 is 2.50 bits per heavy atom. The number of hydrogen-bond acceptors (Lipinski definition) is 4. The summed E-state index contributed by atoms with van der Waals surface area (Å²) in [5.41, 5.74) is 2.42. The predicted molar refractivity (Wildman–Crippen MR) is 63.9 cm³/mol. The smallest absolute Gasteiger partial charge is 0.168 e. The number of nitrogens with one attached hydrogen (secondary N) is 1. The van der Waals surface area contributed by atoms with Crippen LogP contribution < -0.4 is 5.32 Å². The fourth-order valence-electron chi connectivity index (χ4n) is 2.41. The van der Waals surface area contributed by atoms with Gasteiger partial charge in [-0.25, -0.2) is 4.98 Å². The van der Waals surface area contributed by atoms with E-state index >= 15 is 0 Å². The average Bonchev–Trinajstić information content (AvgIpc) is 2.70. The van der Waals surface area contributed by atoms with E-state index in [9.17, 15) is 0 Å². The molecule has 1 atom stereocenters. The predicted octanol–water partition coefficient (Wildman–Crippen LogP) is 1.35. The first-order chi connectivity index (χ1) is 7.86. The van der Waals surface area contributed by atoms with Crippen molar-refractivity contribution in [2.75, 3.05) is 25.4 Å². The summed E-state index contributed by atoms with van der Waals surface area (Å²) in [6.45, 7) is 6.00. The molecule has 3 heterocycles. The second-order valence-corrected chi connectivity index (χ2v) is 5.34. The topological polar surface area (TPSA) is 39.1 Å². The molecule has 1 saturated heterocycles. The van der Waals surface area contributed by atoms with Crippen molar-refractivity contribution in [3.63, 3.8) is 0 Å². The molecule has 1 aromatic rings. The summed E-state index contributed by atoms with van der Waals surface area (Å²) < 4.78 is 8.25. The Kier molecular flexibility index (Phi) is 2.91. The van der Waals surface area contributed by atoms with Gasteiger partial charge in [-0.05, 0) is 19.9 Å². The van der Waals surface area contributed by atoms with Crippen molar-refractivity contribution in [1.29, 1.82) is 0 Å². The maximum absolute atomic E-state index is 5.92. The maximum Gasteiger partial charge on any atom is 0.168 e. The molecule has 3 rings (SSSR count). The third-order valence-electron chi connectivity index (χ3n) is 3.15. The molecule has 0 saturated carbocycles. The van der Waals surface area contributed by atoms with Crippen molar-refractivity contribution >= 4 is 11.8 Å². The summed E-state index contributed by atoms with van der Waals surface area (Å²) in [5, 5.41) is 4.60. The van der Waals surface area contributed by atoms with Crippen LogP contribution >= 0.6 is 11.8 Å². The fraction of sp³-hybridized carbons (Fsp3) is 0.727. The summed E-state index contributed by atoms with van der Waals surface area (Å²) in [4.78, 5) is 4.62. The van der Waals surface area contributed by atoms with Crippen LogP contribution in [0.3, 0.4) is 0 Å². The molecule has 88 valence electrons. The van der Waals surface area contributed by atoms with Gasteiger partial charge in [0.15, 0.2) is 5.16 Å². The van der Waals surface area contributed by atoms with Crippen molar-refractivity contribution < 1.29 is 4.74 Å². The van der Waals surface area contributed by atoms with Crippen molar-refractivity contribution in [2.45, 2.75) is 31.1 Å². The standard InChI is InChI=1S/C11H17N3OS/c1-8-10(9-7-12-3-2-5-15-9)14-4-6-16-11(14)13-8/h9,12H,2-7H2,1H3. The van der Waals surface area contributed by atoms with Gasteiger partial charge in [0.1, 0.15) is 6.10 Å². The fourth-order valence-corrected chi connectivity index (χ4v) is 3.41. The van der Waals surface area contributed by atoms with Crippen LogP contribution in [0.1, 0.15) is 23.9 Å². The lowest BCUT2D eigenvalue weighted by Gasteiger charge is -2.17. The van der Waals surface area contributed by atoms with E-state index < -0.39 is 0 Å². The van der Waals surface area contributed by atoms with E-state index in [1.54, 1.807) is 0 Å². The summed E-state index contributed by atoms with van der Waals surface area (Å²) in [6.07, 6.45) is 1.29. The highest BCUT2D eigenvalue weighted by molar-refractivity contribution is 7.99. The molecule has 2 aliphatic rings. The van der Waals surface area contributed by atoms with Gasteiger partial charge in [0.05, 0.1) is 11.4 Å². The third-order valence-corrected chi connectivity index (χ3v) is 4.11. The molecule has 1 fully saturated rings. The molecule has 4 nitrogen and oxygen atoms in total. The quantitative estimate of drug-likeness (QED) is 0.803. The number of thioether (sulfide) groups is 1. The SMILES string of the molecule is Cc1nc2n(c1C1CNCCCO1)CCS2. The van der Waals surface area contributed by atoms with Crippen LogP contribution in [0.25, 0.3) is 0 Å². The average molecular weight is 239 g/mol. The number of rotatable bonds is 1. The van der Waals surface area contributed by atoms with Crippen LogP contribution in [0.5, 0.6) is 0 Å². The molecule has 1 unspecified atom stereocenters. The molecule has 16 heavy (non-hydrogen) atoms. The van der Waals surface area contributed by atoms with E-state index in [0.29, 0.717) is 0 Å². The Morgan fingerprint density at radius 1 is 1.56 bits per heavy atom. The van der Waals surface area contributed by atoms with E-state index in [1.807, 2.05) is 11.8 Å². The molecule has 5 heteroatoms. The number of ether oxygens (including phenoxy) is 1. The number of hydrogen-bond donors (Lipinski definition) is 1. The number of aromatic nitrogens is 2. The zero-order chi connectivity index (χ0) is 11.0. The molecule has 2 aliphatic heterocycles. The first kappa shape index (κ1) is 10.6. The molecule has 0 radical (unpaired) electrons. The van der Waals surface area contributed by atoms with Gasteiger partial charge >= 0.3 is 0 Å². The molecular formula is C11H17N3OS. The largest absolute Gasteiger partial charge is 0.371 e. The van der Waals surface area contributed by atoms with Crippen molar-refractivity contribution in [2.24, 2.45) is 0 Å². The van der Waals surface area contributed by atoms with Gasteiger partial charge in [-0.2, -0.15) is 0 Å². The normalized spacial score (nSPS) is 25.4. The van der Waals surface area contributed by atoms with Crippen LogP contribution in [0.2, 0.25) is 0 Å². The molecule has 1 aromatic heterocycles. The van der Waals surface area contributed by atoms with E-state index in [2.05, 4.69) is 21.8 Å². The lowest BCUT2D eigenvalue weighted by Crippen LogP contribution is -2.22. The molecule has 1 N–H and O–H groups in total. The van der Waals surface area contributed by atoms with Gasteiger partial charge in [-0.15, -0.1) is 0 Å².